The summed E-state index contributed by atoms with van der Waals surface area (Å²) in [5.74, 6) is -0.436. The van der Waals surface area contributed by atoms with E-state index in [-0.39, 0.29) is 29.5 Å². The number of carbonyl (C=O) groups excluding carboxylic acids is 2. The normalized spacial score (nSPS) is 11.7. The lowest BCUT2D eigenvalue weighted by molar-refractivity contribution is -0.136. The number of nitrogens with one attached hydrogen (secondary N) is 1. The highest BCUT2D eigenvalue weighted by Crippen LogP contribution is 2.22. The minimum absolute atomic E-state index is 0.0663. The lowest BCUT2D eigenvalue weighted by Crippen LogP contribution is -2.34. The van der Waals surface area contributed by atoms with Crippen LogP contribution >= 0.6 is 11.6 Å². The van der Waals surface area contributed by atoms with Gasteiger partial charge in [-0.2, -0.15) is 0 Å². The number of amides is 1. The van der Waals surface area contributed by atoms with E-state index in [4.69, 9.17) is 25.5 Å². The van der Waals surface area contributed by atoms with Gasteiger partial charge in [0.1, 0.15) is 22.6 Å². The van der Waals surface area contributed by atoms with Gasteiger partial charge in [-0.15, -0.1) is 0 Å². The minimum atomic E-state index is -0.766. The van der Waals surface area contributed by atoms with Crippen LogP contribution in [0.15, 0.2) is 51.7 Å². The number of benzene rings is 2. The van der Waals surface area contributed by atoms with Crippen molar-refractivity contribution in [3.8, 4) is 11.5 Å². The first-order valence-corrected chi connectivity index (χ1v) is 10.1. The van der Waals surface area contributed by atoms with Crippen LogP contribution in [0.3, 0.4) is 0 Å². The van der Waals surface area contributed by atoms with E-state index in [1.54, 1.807) is 30.3 Å². The summed E-state index contributed by atoms with van der Waals surface area (Å²) in [4.78, 5) is 36.6. The zero-order chi connectivity index (χ0) is 22.5. The third-order valence-corrected chi connectivity index (χ3v) is 5.08. The first-order chi connectivity index (χ1) is 14.8. The van der Waals surface area contributed by atoms with E-state index in [9.17, 15) is 14.4 Å². The van der Waals surface area contributed by atoms with Gasteiger partial charge in [-0.05, 0) is 62.2 Å². The van der Waals surface area contributed by atoms with E-state index in [1.807, 2.05) is 20.8 Å². The van der Waals surface area contributed by atoms with Gasteiger partial charge < -0.3 is 19.2 Å². The molecule has 1 N–H and O–H groups in total. The van der Waals surface area contributed by atoms with Crippen LogP contribution < -0.4 is 20.4 Å². The van der Waals surface area contributed by atoms with E-state index in [0.717, 1.165) is 12.0 Å². The number of halogens is 1. The van der Waals surface area contributed by atoms with Crippen molar-refractivity contribution in [3.63, 3.8) is 0 Å². The van der Waals surface area contributed by atoms with Gasteiger partial charge in [-0.25, -0.2) is 9.59 Å². The summed E-state index contributed by atoms with van der Waals surface area (Å²) < 4.78 is 15.9. The van der Waals surface area contributed by atoms with Crippen molar-refractivity contribution < 1.29 is 23.5 Å². The monoisotopic (exact) mass is 443 g/mol. The van der Waals surface area contributed by atoms with Crippen LogP contribution in [0.4, 0.5) is 0 Å². The molecule has 31 heavy (non-hydrogen) atoms. The maximum atomic E-state index is 12.3. The highest BCUT2D eigenvalue weighted by molar-refractivity contribution is 6.31. The molecule has 1 aromatic heterocycles. The van der Waals surface area contributed by atoms with Crippen molar-refractivity contribution >= 4 is 34.4 Å². The predicted molar refractivity (Wildman–Crippen MR) is 117 cm³/mol. The molecule has 0 aliphatic rings. The number of fused-ring (bicyclic) bond motifs is 1. The molecule has 0 spiro atoms. The molecule has 0 aliphatic heterocycles. The molecule has 8 heteroatoms. The van der Waals surface area contributed by atoms with Gasteiger partial charge in [0.25, 0.3) is 5.91 Å². The number of aryl methyl sites for hydroxylation is 1. The quantitative estimate of drug-likeness (QED) is 0.333. The Labute approximate surface area is 183 Å². The molecule has 0 saturated heterocycles. The summed E-state index contributed by atoms with van der Waals surface area (Å²) in [6.07, 6.45) is 0.737. The second kappa shape index (κ2) is 9.66. The number of carbonyl (C=O) groups is 2. The molecular formula is C23H22ClNO6. The molecule has 162 valence electrons. The summed E-state index contributed by atoms with van der Waals surface area (Å²) >= 11 is 5.96. The maximum Gasteiger partial charge on any atom is 0.349 e. The molecule has 0 saturated carbocycles. The number of hydrogen-bond acceptors (Lipinski definition) is 6. The van der Waals surface area contributed by atoms with Crippen LogP contribution in [0.1, 0.15) is 36.2 Å². The summed E-state index contributed by atoms with van der Waals surface area (Å²) in [7, 11) is 0. The average molecular weight is 444 g/mol. The smallest absolute Gasteiger partial charge is 0.349 e. The molecule has 3 aromatic rings. The van der Waals surface area contributed by atoms with Crippen molar-refractivity contribution in [3.05, 3.63) is 69.0 Å². The van der Waals surface area contributed by atoms with Gasteiger partial charge in [0.2, 0.25) is 0 Å². The first-order valence-electron chi connectivity index (χ1n) is 9.75. The lowest BCUT2D eigenvalue weighted by atomic mass is 10.1. The first kappa shape index (κ1) is 22.4. The molecule has 0 fully saturated rings. The Bertz CT molecular complexity index is 1190. The molecule has 3 rings (SSSR count). The highest BCUT2D eigenvalue weighted by atomic mass is 35.5. The van der Waals surface area contributed by atoms with Gasteiger partial charge in [0, 0.05) is 22.5 Å². The van der Waals surface area contributed by atoms with Gasteiger partial charge in [0.05, 0.1) is 0 Å². The SMILES string of the molecule is CCC(C)NC(=O)c1cc2ccc(OC(=O)COc3ccc(Cl)c(C)c3)cc2oc1=O. The Hall–Kier alpha value is -3.32. The van der Waals surface area contributed by atoms with Gasteiger partial charge >= 0.3 is 11.6 Å². The Morgan fingerprint density at radius 2 is 1.87 bits per heavy atom. The van der Waals surface area contributed by atoms with E-state index >= 15 is 0 Å². The fourth-order valence-corrected chi connectivity index (χ4v) is 2.84. The molecule has 0 aliphatic carbocycles. The Morgan fingerprint density at radius 1 is 1.13 bits per heavy atom. The molecule has 7 nitrogen and oxygen atoms in total. The molecule has 1 atom stereocenters. The molecule has 2 aromatic carbocycles. The van der Waals surface area contributed by atoms with Crippen molar-refractivity contribution in [2.45, 2.75) is 33.2 Å². The fraction of sp³-hybridized carbons (Fsp3) is 0.261. The topological polar surface area (TPSA) is 94.8 Å². The zero-order valence-corrected chi connectivity index (χ0v) is 18.1. The van der Waals surface area contributed by atoms with Gasteiger partial charge in [-0.3, -0.25) is 4.79 Å². The second-order valence-corrected chi connectivity index (χ2v) is 7.51. The molecule has 1 heterocycles. The largest absolute Gasteiger partial charge is 0.482 e. The van der Waals surface area contributed by atoms with Gasteiger partial charge in [-0.1, -0.05) is 18.5 Å². The highest BCUT2D eigenvalue weighted by Gasteiger charge is 2.16. The van der Waals surface area contributed by atoms with Crippen LogP contribution in [0.25, 0.3) is 11.0 Å². The predicted octanol–water partition coefficient (Wildman–Crippen LogP) is 4.27. The van der Waals surface area contributed by atoms with Crippen LogP contribution in [-0.2, 0) is 4.79 Å². The Morgan fingerprint density at radius 3 is 2.58 bits per heavy atom. The van der Waals surface area contributed by atoms with Crippen LogP contribution in [-0.4, -0.2) is 24.5 Å². The summed E-state index contributed by atoms with van der Waals surface area (Å²) in [5.41, 5.74) is 0.182. The summed E-state index contributed by atoms with van der Waals surface area (Å²) in [6.45, 7) is 5.30. The lowest BCUT2D eigenvalue weighted by Gasteiger charge is -2.11. The van der Waals surface area contributed by atoms with Crippen molar-refractivity contribution in [1.82, 2.24) is 5.32 Å². The average Bonchev–Trinajstić information content (AvgIpc) is 2.73. The van der Waals surface area contributed by atoms with Crippen molar-refractivity contribution in [2.24, 2.45) is 0 Å². The van der Waals surface area contributed by atoms with Crippen LogP contribution in [0, 0.1) is 6.92 Å². The van der Waals surface area contributed by atoms with E-state index in [2.05, 4.69) is 5.32 Å². The number of ether oxygens (including phenoxy) is 2. The van der Waals surface area contributed by atoms with E-state index in [1.165, 1.54) is 12.1 Å². The summed E-state index contributed by atoms with van der Waals surface area (Å²) in [5, 5.41) is 3.87. The Balaban J connectivity index is 1.69. The fourth-order valence-electron chi connectivity index (χ4n) is 2.73. The molecule has 1 unspecified atom stereocenters. The molecule has 0 bridgehead atoms. The second-order valence-electron chi connectivity index (χ2n) is 7.10. The maximum absolute atomic E-state index is 12.3. The minimum Gasteiger partial charge on any atom is -0.482 e. The zero-order valence-electron chi connectivity index (χ0n) is 17.4. The van der Waals surface area contributed by atoms with Crippen LogP contribution in [0.2, 0.25) is 5.02 Å². The number of hydrogen-bond donors (Lipinski definition) is 1. The van der Waals surface area contributed by atoms with Crippen LogP contribution in [0.5, 0.6) is 11.5 Å². The summed E-state index contributed by atoms with van der Waals surface area (Å²) in [6, 6.07) is 11.0. The number of rotatable bonds is 7. The van der Waals surface area contributed by atoms with Gasteiger partial charge in [0.15, 0.2) is 6.61 Å². The van der Waals surface area contributed by atoms with Crippen molar-refractivity contribution in [2.75, 3.05) is 6.61 Å². The third kappa shape index (κ3) is 5.64. The third-order valence-electron chi connectivity index (χ3n) is 4.66. The molecule has 0 radical (unpaired) electrons. The molecule has 1 amide bonds. The van der Waals surface area contributed by atoms with Crippen molar-refractivity contribution in [1.29, 1.82) is 0 Å². The Kier molecular flexibility index (Phi) is 6.97. The molecular weight excluding hydrogens is 422 g/mol. The van der Waals surface area contributed by atoms with E-state index in [0.29, 0.717) is 16.2 Å². The standard InChI is InChI=1S/C23H22ClNO6/c1-4-14(3)25-22(27)18-10-15-5-6-17(11-20(15)31-23(18)28)30-21(26)12-29-16-7-8-19(24)13(2)9-16/h5-11,14H,4,12H2,1-3H3,(H,25,27). The number of esters is 1. The van der Waals surface area contributed by atoms with E-state index < -0.39 is 17.5 Å².